The minimum atomic E-state index is 0.422. The molecule has 0 radical (unpaired) electrons. The molecular formula is C21H42OS. The van der Waals surface area contributed by atoms with E-state index in [9.17, 15) is 4.79 Å². The Morgan fingerprint density at radius 1 is 0.739 bits per heavy atom. The fourth-order valence-electron chi connectivity index (χ4n) is 2.77. The number of thioether (sulfide) groups is 1. The fraction of sp³-hybridized carbons (Fsp3) is 0.952. The van der Waals surface area contributed by atoms with E-state index in [0.717, 1.165) is 18.6 Å². The fourth-order valence-corrected chi connectivity index (χ4v) is 3.64. The maximum atomic E-state index is 11.8. The highest BCUT2D eigenvalue weighted by atomic mass is 32.2. The lowest BCUT2D eigenvalue weighted by Gasteiger charge is -2.17. The van der Waals surface area contributed by atoms with Crippen LogP contribution in [0.1, 0.15) is 118 Å². The predicted molar refractivity (Wildman–Crippen MR) is 107 cm³/mol. The van der Waals surface area contributed by atoms with Crippen LogP contribution in [0.2, 0.25) is 0 Å². The Hall–Kier alpha value is 0.0200. The Labute approximate surface area is 150 Å². The zero-order chi connectivity index (χ0) is 17.4. The normalized spacial score (nSPS) is 11.8. The van der Waals surface area contributed by atoms with Crippen molar-refractivity contribution in [3.8, 4) is 0 Å². The molecule has 0 aliphatic heterocycles. The minimum absolute atomic E-state index is 0.422. The number of unbranched alkanes of at least 4 members (excludes halogenated alkanes) is 10. The topological polar surface area (TPSA) is 17.1 Å². The second kappa shape index (κ2) is 15.5. The first-order chi connectivity index (χ1) is 11.0. The van der Waals surface area contributed by atoms with Gasteiger partial charge in [-0.25, -0.2) is 0 Å². The first kappa shape index (κ1) is 23.0. The van der Waals surface area contributed by atoms with E-state index < -0.39 is 0 Å². The van der Waals surface area contributed by atoms with Crippen molar-refractivity contribution in [1.82, 2.24) is 0 Å². The SMILES string of the molecule is CCCCCCCCCSC(=O)CCCCCCCC(C)(C)C. The highest BCUT2D eigenvalue weighted by Crippen LogP contribution is 2.22. The average molecular weight is 343 g/mol. The van der Waals surface area contributed by atoms with Crippen LogP contribution in [0, 0.1) is 5.41 Å². The van der Waals surface area contributed by atoms with Gasteiger partial charge >= 0.3 is 0 Å². The van der Waals surface area contributed by atoms with Crippen LogP contribution >= 0.6 is 11.8 Å². The second-order valence-corrected chi connectivity index (χ2v) is 9.32. The van der Waals surface area contributed by atoms with Crippen molar-refractivity contribution in [1.29, 1.82) is 0 Å². The summed E-state index contributed by atoms with van der Waals surface area (Å²) in [6, 6.07) is 0. The molecular weight excluding hydrogens is 300 g/mol. The van der Waals surface area contributed by atoms with E-state index in [0.29, 0.717) is 10.5 Å². The number of rotatable bonds is 15. The molecule has 0 saturated heterocycles. The van der Waals surface area contributed by atoms with E-state index in [1.807, 2.05) is 0 Å². The molecule has 0 aliphatic carbocycles. The molecule has 0 amide bonds. The van der Waals surface area contributed by atoms with E-state index in [-0.39, 0.29) is 0 Å². The lowest BCUT2D eigenvalue weighted by atomic mass is 9.89. The van der Waals surface area contributed by atoms with E-state index in [4.69, 9.17) is 0 Å². The molecule has 0 unspecified atom stereocenters. The Balaban J connectivity index is 3.22. The summed E-state index contributed by atoms with van der Waals surface area (Å²) in [6.45, 7) is 9.20. The molecule has 0 aliphatic rings. The van der Waals surface area contributed by atoms with Crippen LogP contribution < -0.4 is 0 Å². The van der Waals surface area contributed by atoms with Gasteiger partial charge in [0.05, 0.1) is 0 Å². The Morgan fingerprint density at radius 2 is 1.26 bits per heavy atom. The largest absolute Gasteiger partial charge is 0.287 e. The van der Waals surface area contributed by atoms with Gasteiger partial charge in [0.1, 0.15) is 0 Å². The molecule has 0 heterocycles. The van der Waals surface area contributed by atoms with Crippen LogP contribution in [0.25, 0.3) is 0 Å². The van der Waals surface area contributed by atoms with Crippen molar-refractivity contribution in [2.45, 2.75) is 118 Å². The van der Waals surface area contributed by atoms with Gasteiger partial charge < -0.3 is 0 Å². The third kappa shape index (κ3) is 20.0. The quantitative estimate of drug-likeness (QED) is 0.283. The summed E-state index contributed by atoms with van der Waals surface area (Å²) in [6.07, 6.45) is 17.7. The van der Waals surface area contributed by atoms with Gasteiger partial charge in [-0.3, -0.25) is 4.79 Å². The number of hydrogen-bond acceptors (Lipinski definition) is 2. The van der Waals surface area contributed by atoms with E-state index >= 15 is 0 Å². The predicted octanol–water partition coefficient (Wildman–Crippen LogP) is 7.77. The maximum absolute atomic E-state index is 11.8. The molecule has 0 aromatic carbocycles. The Morgan fingerprint density at radius 3 is 1.87 bits per heavy atom. The summed E-state index contributed by atoms with van der Waals surface area (Å²) in [5, 5.41) is 0.422. The molecule has 0 N–H and O–H groups in total. The summed E-state index contributed by atoms with van der Waals surface area (Å²) < 4.78 is 0. The molecule has 0 spiro atoms. The summed E-state index contributed by atoms with van der Waals surface area (Å²) in [5.41, 5.74) is 0.475. The minimum Gasteiger partial charge on any atom is -0.287 e. The van der Waals surface area contributed by atoms with Crippen LogP contribution in [-0.4, -0.2) is 10.9 Å². The zero-order valence-corrected chi connectivity index (χ0v) is 17.2. The van der Waals surface area contributed by atoms with E-state index in [1.165, 1.54) is 77.0 Å². The molecule has 0 fully saturated rings. The number of carbonyl (C=O) groups is 1. The Bertz CT molecular complexity index is 268. The standard InChI is InChI=1S/C21H42OS/c1-5-6-7-8-9-13-16-19-23-20(22)17-14-11-10-12-15-18-21(2,3)4/h5-19H2,1-4H3. The van der Waals surface area contributed by atoms with Gasteiger partial charge in [0.15, 0.2) is 5.12 Å². The average Bonchev–Trinajstić information content (AvgIpc) is 2.48. The molecule has 23 heavy (non-hydrogen) atoms. The third-order valence-corrected chi connectivity index (χ3v) is 5.34. The molecule has 0 aromatic heterocycles. The van der Waals surface area contributed by atoms with Gasteiger partial charge in [-0.2, -0.15) is 0 Å². The van der Waals surface area contributed by atoms with Gasteiger partial charge in [0.25, 0.3) is 0 Å². The highest BCUT2D eigenvalue weighted by Gasteiger charge is 2.08. The van der Waals surface area contributed by atoms with Gasteiger partial charge in [-0.05, 0) is 24.7 Å². The number of hydrogen-bond donors (Lipinski definition) is 0. The van der Waals surface area contributed by atoms with Crippen LogP contribution in [0.5, 0.6) is 0 Å². The van der Waals surface area contributed by atoms with Crippen molar-refractivity contribution >= 4 is 16.9 Å². The van der Waals surface area contributed by atoms with Gasteiger partial charge in [-0.15, -0.1) is 0 Å². The monoisotopic (exact) mass is 342 g/mol. The van der Waals surface area contributed by atoms with Crippen LogP contribution in [0.4, 0.5) is 0 Å². The van der Waals surface area contributed by atoms with E-state index in [1.54, 1.807) is 11.8 Å². The summed E-state index contributed by atoms with van der Waals surface area (Å²) in [5.74, 6) is 1.04. The lowest BCUT2D eigenvalue weighted by molar-refractivity contribution is -0.111. The molecule has 1 nitrogen and oxygen atoms in total. The van der Waals surface area contributed by atoms with Gasteiger partial charge in [0, 0.05) is 12.2 Å². The smallest absolute Gasteiger partial charge is 0.188 e. The molecule has 0 atom stereocenters. The first-order valence-electron chi connectivity index (χ1n) is 10.1. The molecule has 0 saturated carbocycles. The van der Waals surface area contributed by atoms with Gasteiger partial charge in [0.2, 0.25) is 0 Å². The van der Waals surface area contributed by atoms with Crippen LogP contribution in [0.15, 0.2) is 0 Å². The summed E-state index contributed by atoms with van der Waals surface area (Å²) in [4.78, 5) is 11.8. The first-order valence-corrected chi connectivity index (χ1v) is 11.1. The molecule has 0 rings (SSSR count). The molecule has 0 aromatic rings. The molecule has 2 heteroatoms. The molecule has 0 bridgehead atoms. The van der Waals surface area contributed by atoms with Crippen molar-refractivity contribution in [3.63, 3.8) is 0 Å². The summed E-state index contributed by atoms with van der Waals surface area (Å²) >= 11 is 1.58. The van der Waals surface area contributed by atoms with Crippen LogP contribution in [0.3, 0.4) is 0 Å². The van der Waals surface area contributed by atoms with E-state index in [2.05, 4.69) is 27.7 Å². The Kier molecular flexibility index (Phi) is 15.6. The highest BCUT2D eigenvalue weighted by molar-refractivity contribution is 8.13. The third-order valence-electron chi connectivity index (χ3n) is 4.32. The van der Waals surface area contributed by atoms with Crippen molar-refractivity contribution < 1.29 is 4.79 Å². The second-order valence-electron chi connectivity index (χ2n) is 8.17. The van der Waals surface area contributed by atoms with Crippen molar-refractivity contribution in [2.75, 3.05) is 5.75 Å². The maximum Gasteiger partial charge on any atom is 0.188 e. The lowest BCUT2D eigenvalue weighted by Crippen LogP contribution is -2.03. The molecule has 138 valence electrons. The van der Waals surface area contributed by atoms with Crippen molar-refractivity contribution in [2.24, 2.45) is 5.41 Å². The van der Waals surface area contributed by atoms with Crippen molar-refractivity contribution in [3.05, 3.63) is 0 Å². The van der Waals surface area contributed by atoms with Crippen LogP contribution in [-0.2, 0) is 4.79 Å². The number of carbonyl (C=O) groups excluding carboxylic acids is 1. The summed E-state index contributed by atoms with van der Waals surface area (Å²) in [7, 11) is 0. The zero-order valence-electron chi connectivity index (χ0n) is 16.4. The van der Waals surface area contributed by atoms with Gasteiger partial charge in [-0.1, -0.05) is 104 Å².